The number of hydrogen-bond acceptors (Lipinski definition) is 4. The Labute approximate surface area is 114 Å². The molecule has 1 aromatic carbocycles. The number of hydrogen-bond donors (Lipinski definition) is 1. The van der Waals surface area contributed by atoms with Gasteiger partial charge >= 0.3 is 0 Å². The molecule has 0 radical (unpaired) electrons. The van der Waals surface area contributed by atoms with E-state index in [1.165, 1.54) is 0 Å². The summed E-state index contributed by atoms with van der Waals surface area (Å²) in [6.07, 6.45) is 1.50. The van der Waals surface area contributed by atoms with Crippen molar-refractivity contribution in [3.8, 4) is 0 Å². The van der Waals surface area contributed by atoms with Crippen LogP contribution < -0.4 is 5.32 Å². The number of carbonyl (C=O) groups excluding carboxylic acids is 3. The molecule has 1 unspecified atom stereocenters. The zero-order valence-electron chi connectivity index (χ0n) is 10.9. The molecule has 0 spiro atoms. The lowest BCUT2D eigenvalue weighted by Crippen LogP contribution is -2.42. The topological polar surface area (TPSA) is 81.1 Å². The van der Waals surface area contributed by atoms with Crippen LogP contribution in [0.4, 0.5) is 0 Å². The molecule has 1 aliphatic heterocycles. The molecule has 1 aromatic heterocycles. The second kappa shape index (κ2) is 4.56. The van der Waals surface area contributed by atoms with Gasteiger partial charge in [-0.05, 0) is 19.4 Å². The van der Waals surface area contributed by atoms with Gasteiger partial charge in [-0.15, -0.1) is 0 Å². The van der Waals surface area contributed by atoms with Crippen molar-refractivity contribution in [2.24, 2.45) is 0 Å². The fourth-order valence-corrected chi connectivity index (χ4v) is 2.66. The molecule has 20 heavy (non-hydrogen) atoms. The van der Waals surface area contributed by atoms with E-state index >= 15 is 0 Å². The maximum absolute atomic E-state index is 12.0. The number of rotatable bonds is 2. The van der Waals surface area contributed by atoms with Gasteiger partial charge in [0, 0.05) is 17.4 Å². The first-order chi connectivity index (χ1) is 9.61. The Kier molecular flexibility index (Phi) is 2.85. The van der Waals surface area contributed by atoms with E-state index < -0.39 is 6.04 Å². The summed E-state index contributed by atoms with van der Waals surface area (Å²) in [5, 5.41) is 7.46. The second-order valence-corrected chi connectivity index (χ2v) is 4.86. The summed E-state index contributed by atoms with van der Waals surface area (Å²) in [5.74, 6) is -0.602. The molecular weight excluding hydrogens is 258 g/mol. The Morgan fingerprint density at radius 3 is 2.90 bits per heavy atom. The number of aromatic nitrogens is 2. The first-order valence-corrected chi connectivity index (χ1v) is 6.38. The van der Waals surface area contributed by atoms with Gasteiger partial charge in [-0.2, -0.15) is 5.10 Å². The summed E-state index contributed by atoms with van der Waals surface area (Å²) in [5.41, 5.74) is 1.99. The fourth-order valence-electron chi connectivity index (χ4n) is 2.66. The van der Waals surface area contributed by atoms with Gasteiger partial charge in [-0.1, -0.05) is 12.1 Å². The van der Waals surface area contributed by atoms with Crippen LogP contribution in [0, 0.1) is 6.92 Å². The van der Waals surface area contributed by atoms with Gasteiger partial charge in [-0.3, -0.25) is 24.4 Å². The van der Waals surface area contributed by atoms with Gasteiger partial charge in [0.25, 0.3) is 5.91 Å². The van der Waals surface area contributed by atoms with Crippen LogP contribution in [0.1, 0.15) is 34.9 Å². The molecule has 0 bridgehead atoms. The van der Waals surface area contributed by atoms with Crippen LogP contribution in [-0.2, 0) is 9.59 Å². The van der Waals surface area contributed by atoms with Crippen molar-refractivity contribution >= 4 is 29.0 Å². The summed E-state index contributed by atoms with van der Waals surface area (Å²) >= 11 is 0. The highest BCUT2D eigenvalue weighted by Gasteiger charge is 2.30. The Hall–Kier alpha value is -2.50. The molecule has 1 N–H and O–H groups in total. The number of piperidine rings is 1. The predicted molar refractivity (Wildman–Crippen MR) is 71.3 cm³/mol. The van der Waals surface area contributed by atoms with Crippen LogP contribution in [-0.4, -0.2) is 27.9 Å². The number of amides is 2. The zero-order chi connectivity index (χ0) is 14.3. The molecule has 3 rings (SSSR count). The first kappa shape index (κ1) is 12.5. The standard InChI is InChI=1S/C14H13N3O3/c1-8-13-9(7-18)3-2-4-10(13)17(16-8)11-5-6-12(19)15-14(11)20/h2-4,7,11H,5-6H2,1H3,(H,15,19,20). The van der Waals surface area contributed by atoms with Crippen molar-refractivity contribution in [1.29, 1.82) is 0 Å². The van der Waals surface area contributed by atoms with Crippen molar-refractivity contribution < 1.29 is 14.4 Å². The Morgan fingerprint density at radius 2 is 2.20 bits per heavy atom. The van der Waals surface area contributed by atoms with Crippen LogP contribution >= 0.6 is 0 Å². The van der Waals surface area contributed by atoms with Crippen LogP contribution in [0.15, 0.2) is 18.2 Å². The minimum absolute atomic E-state index is 0.256. The van der Waals surface area contributed by atoms with Crippen LogP contribution in [0.3, 0.4) is 0 Å². The quantitative estimate of drug-likeness (QED) is 0.656. The lowest BCUT2D eigenvalue weighted by molar-refractivity contribution is -0.135. The van der Waals surface area contributed by atoms with Gasteiger partial charge in [0.1, 0.15) is 6.04 Å². The number of fused-ring (bicyclic) bond motifs is 1. The van der Waals surface area contributed by atoms with Gasteiger partial charge < -0.3 is 0 Å². The van der Waals surface area contributed by atoms with Crippen molar-refractivity contribution in [2.45, 2.75) is 25.8 Å². The summed E-state index contributed by atoms with van der Waals surface area (Å²) in [7, 11) is 0. The molecule has 6 nitrogen and oxygen atoms in total. The molecule has 1 atom stereocenters. The highest BCUT2D eigenvalue weighted by molar-refractivity contribution is 6.02. The van der Waals surface area contributed by atoms with Gasteiger partial charge in [0.15, 0.2) is 6.29 Å². The number of carbonyl (C=O) groups is 3. The Balaban J connectivity index is 2.15. The summed E-state index contributed by atoms with van der Waals surface area (Å²) < 4.78 is 1.61. The van der Waals surface area contributed by atoms with E-state index in [-0.39, 0.29) is 11.8 Å². The van der Waals surface area contributed by atoms with E-state index in [1.54, 1.807) is 23.7 Å². The SMILES string of the molecule is Cc1nn(C2CCC(=O)NC2=O)c2cccc(C=O)c12. The minimum atomic E-state index is -0.509. The molecule has 0 saturated carbocycles. The van der Waals surface area contributed by atoms with Crippen molar-refractivity contribution in [1.82, 2.24) is 15.1 Å². The molecule has 102 valence electrons. The molecule has 2 aromatic rings. The minimum Gasteiger partial charge on any atom is -0.298 e. The van der Waals surface area contributed by atoms with E-state index in [0.29, 0.717) is 24.1 Å². The maximum atomic E-state index is 12.0. The monoisotopic (exact) mass is 271 g/mol. The number of nitrogens with one attached hydrogen (secondary N) is 1. The molecular formula is C14H13N3O3. The van der Waals surface area contributed by atoms with E-state index in [0.717, 1.165) is 17.2 Å². The zero-order valence-corrected chi connectivity index (χ0v) is 10.9. The third-order valence-corrected chi connectivity index (χ3v) is 3.57. The Bertz CT molecular complexity index is 733. The molecule has 1 fully saturated rings. The molecule has 2 heterocycles. The summed E-state index contributed by atoms with van der Waals surface area (Å²) in [6.45, 7) is 1.80. The summed E-state index contributed by atoms with van der Waals surface area (Å²) in [4.78, 5) is 34.3. The van der Waals surface area contributed by atoms with E-state index in [1.807, 2.05) is 6.07 Å². The Morgan fingerprint density at radius 1 is 1.40 bits per heavy atom. The van der Waals surface area contributed by atoms with Crippen LogP contribution in [0.25, 0.3) is 10.9 Å². The average Bonchev–Trinajstić information content (AvgIpc) is 2.76. The van der Waals surface area contributed by atoms with E-state index in [4.69, 9.17) is 0 Å². The van der Waals surface area contributed by atoms with Crippen molar-refractivity contribution in [3.05, 3.63) is 29.5 Å². The fraction of sp³-hybridized carbons (Fsp3) is 0.286. The van der Waals surface area contributed by atoms with Crippen LogP contribution in [0.2, 0.25) is 0 Å². The number of nitrogens with zero attached hydrogens (tertiary/aromatic N) is 2. The van der Waals surface area contributed by atoms with E-state index in [9.17, 15) is 14.4 Å². The molecule has 6 heteroatoms. The first-order valence-electron chi connectivity index (χ1n) is 6.38. The highest BCUT2D eigenvalue weighted by Crippen LogP contribution is 2.27. The second-order valence-electron chi connectivity index (χ2n) is 4.86. The third-order valence-electron chi connectivity index (χ3n) is 3.57. The molecule has 0 aliphatic carbocycles. The van der Waals surface area contributed by atoms with E-state index in [2.05, 4.69) is 10.4 Å². The highest BCUT2D eigenvalue weighted by atomic mass is 16.2. The largest absolute Gasteiger partial charge is 0.298 e. The third kappa shape index (κ3) is 1.80. The maximum Gasteiger partial charge on any atom is 0.251 e. The normalized spacial score (nSPS) is 19.1. The van der Waals surface area contributed by atoms with Crippen molar-refractivity contribution in [3.63, 3.8) is 0 Å². The molecule has 1 saturated heterocycles. The number of aldehydes is 1. The van der Waals surface area contributed by atoms with Crippen LogP contribution in [0.5, 0.6) is 0 Å². The average molecular weight is 271 g/mol. The molecule has 2 amide bonds. The van der Waals surface area contributed by atoms with Gasteiger partial charge in [0.05, 0.1) is 11.2 Å². The smallest absolute Gasteiger partial charge is 0.251 e. The summed E-state index contributed by atoms with van der Waals surface area (Å²) in [6, 6.07) is 4.80. The number of aryl methyl sites for hydroxylation is 1. The predicted octanol–water partition coefficient (Wildman–Crippen LogP) is 1.13. The van der Waals surface area contributed by atoms with Gasteiger partial charge in [0.2, 0.25) is 5.91 Å². The number of imide groups is 1. The van der Waals surface area contributed by atoms with Gasteiger partial charge in [-0.25, -0.2) is 0 Å². The lowest BCUT2D eigenvalue weighted by atomic mass is 10.1. The lowest BCUT2D eigenvalue weighted by Gasteiger charge is -2.21. The molecule has 1 aliphatic rings. The van der Waals surface area contributed by atoms with Crippen molar-refractivity contribution in [2.75, 3.05) is 0 Å². The number of benzene rings is 1.